The number of carboxylic acid groups (broad SMARTS) is 1. The summed E-state index contributed by atoms with van der Waals surface area (Å²) in [6.45, 7) is 0. The van der Waals surface area contributed by atoms with E-state index in [-0.39, 0.29) is 17.8 Å². The lowest BCUT2D eigenvalue weighted by Gasteiger charge is -2.43. The Labute approximate surface area is 136 Å². The Morgan fingerprint density at radius 3 is 2.04 bits per heavy atom. The highest BCUT2D eigenvalue weighted by atomic mass is 16.4. The molecule has 1 fully saturated rings. The monoisotopic (exact) mass is 304 g/mol. The normalized spacial score (nSPS) is 27.2. The van der Waals surface area contributed by atoms with Crippen molar-refractivity contribution in [3.8, 4) is 0 Å². The smallest absolute Gasteiger partial charge is 0.303 e. The molecule has 3 unspecified atom stereocenters. The summed E-state index contributed by atoms with van der Waals surface area (Å²) < 4.78 is 0. The lowest BCUT2D eigenvalue weighted by molar-refractivity contribution is -0.138. The van der Waals surface area contributed by atoms with Crippen LogP contribution in [0.2, 0.25) is 0 Å². The molecule has 4 rings (SSSR count). The molecule has 1 N–H and O–H groups in total. The second-order valence-corrected chi connectivity index (χ2v) is 6.70. The van der Waals surface area contributed by atoms with E-state index in [1.807, 2.05) is 12.1 Å². The summed E-state index contributed by atoms with van der Waals surface area (Å²) in [6.07, 6.45) is 5.82. The summed E-state index contributed by atoms with van der Waals surface area (Å²) in [7, 11) is 0. The van der Waals surface area contributed by atoms with Crippen molar-refractivity contribution in [2.45, 2.75) is 18.3 Å². The lowest BCUT2D eigenvalue weighted by Crippen LogP contribution is -2.41. The van der Waals surface area contributed by atoms with E-state index in [1.165, 1.54) is 11.1 Å². The largest absolute Gasteiger partial charge is 0.481 e. The molecule has 2 heteroatoms. The third-order valence-electron chi connectivity index (χ3n) is 5.70. The minimum atomic E-state index is -0.702. The molecule has 1 saturated carbocycles. The van der Waals surface area contributed by atoms with Crippen molar-refractivity contribution in [3.05, 3.63) is 83.9 Å². The molecule has 0 heterocycles. The van der Waals surface area contributed by atoms with Gasteiger partial charge >= 0.3 is 5.97 Å². The number of carbonyl (C=O) groups is 1. The van der Waals surface area contributed by atoms with Crippen LogP contribution in [0.3, 0.4) is 0 Å². The second kappa shape index (κ2) is 5.38. The van der Waals surface area contributed by atoms with Crippen molar-refractivity contribution in [1.82, 2.24) is 0 Å². The van der Waals surface area contributed by atoms with Crippen molar-refractivity contribution in [3.63, 3.8) is 0 Å². The Morgan fingerprint density at radius 1 is 0.957 bits per heavy atom. The third kappa shape index (κ3) is 2.05. The topological polar surface area (TPSA) is 37.3 Å². The first-order valence-electron chi connectivity index (χ1n) is 8.24. The quantitative estimate of drug-likeness (QED) is 0.857. The molecular weight excluding hydrogens is 284 g/mol. The molecular formula is C21H20O2. The molecule has 2 aliphatic rings. The number of carboxylic acids is 1. The average Bonchev–Trinajstić information content (AvgIpc) is 3.17. The Hall–Kier alpha value is -2.35. The van der Waals surface area contributed by atoms with Gasteiger partial charge in [-0.15, -0.1) is 0 Å². The Morgan fingerprint density at radius 2 is 1.52 bits per heavy atom. The van der Waals surface area contributed by atoms with Gasteiger partial charge in [0.15, 0.2) is 0 Å². The summed E-state index contributed by atoms with van der Waals surface area (Å²) in [4.78, 5) is 11.6. The van der Waals surface area contributed by atoms with Gasteiger partial charge < -0.3 is 5.11 Å². The summed E-state index contributed by atoms with van der Waals surface area (Å²) in [6, 6.07) is 21.0. The van der Waals surface area contributed by atoms with Crippen molar-refractivity contribution in [2.75, 3.05) is 0 Å². The van der Waals surface area contributed by atoms with Gasteiger partial charge in [-0.3, -0.25) is 4.79 Å². The zero-order valence-electron chi connectivity index (χ0n) is 12.9. The number of hydrogen-bond acceptors (Lipinski definition) is 1. The Bertz CT molecular complexity index is 693. The minimum absolute atomic E-state index is 0.111. The number of fused-ring (bicyclic) bond motifs is 2. The number of aliphatic carboxylic acids is 1. The molecule has 2 aliphatic carbocycles. The van der Waals surface area contributed by atoms with Crippen LogP contribution in [0.1, 0.15) is 24.0 Å². The first-order chi connectivity index (χ1) is 11.2. The van der Waals surface area contributed by atoms with Crippen LogP contribution in [0.5, 0.6) is 0 Å². The van der Waals surface area contributed by atoms with Crippen molar-refractivity contribution >= 4 is 5.97 Å². The van der Waals surface area contributed by atoms with E-state index >= 15 is 0 Å². The van der Waals surface area contributed by atoms with Crippen LogP contribution in [-0.2, 0) is 10.2 Å². The van der Waals surface area contributed by atoms with Gasteiger partial charge in [0.05, 0.1) is 0 Å². The number of benzene rings is 2. The van der Waals surface area contributed by atoms with Crippen LogP contribution in [0.25, 0.3) is 0 Å². The highest BCUT2D eigenvalue weighted by Crippen LogP contribution is 2.61. The molecule has 0 aromatic heterocycles. The zero-order chi connectivity index (χ0) is 15.9. The molecule has 0 spiro atoms. The van der Waals surface area contributed by atoms with Gasteiger partial charge in [0.25, 0.3) is 0 Å². The average molecular weight is 304 g/mol. The minimum Gasteiger partial charge on any atom is -0.481 e. The van der Waals surface area contributed by atoms with Crippen LogP contribution < -0.4 is 0 Å². The van der Waals surface area contributed by atoms with Crippen LogP contribution in [-0.4, -0.2) is 11.1 Å². The molecule has 23 heavy (non-hydrogen) atoms. The zero-order valence-corrected chi connectivity index (χ0v) is 12.9. The van der Waals surface area contributed by atoms with Gasteiger partial charge in [-0.05, 0) is 35.3 Å². The molecule has 2 aromatic rings. The van der Waals surface area contributed by atoms with Gasteiger partial charge in [0, 0.05) is 11.8 Å². The summed E-state index contributed by atoms with van der Waals surface area (Å²) in [5, 5.41) is 9.50. The van der Waals surface area contributed by atoms with Crippen LogP contribution in [0.15, 0.2) is 72.8 Å². The summed E-state index contributed by atoms with van der Waals surface area (Å²) in [5.74, 6) is 0.144. The molecule has 0 amide bonds. The Balaban J connectivity index is 1.95. The third-order valence-corrected chi connectivity index (χ3v) is 5.70. The molecule has 2 nitrogen and oxygen atoms in total. The summed E-state index contributed by atoms with van der Waals surface area (Å²) >= 11 is 0. The first-order valence-corrected chi connectivity index (χ1v) is 8.24. The van der Waals surface area contributed by atoms with E-state index in [1.54, 1.807) is 0 Å². The Kier molecular flexibility index (Phi) is 3.33. The van der Waals surface area contributed by atoms with E-state index in [0.29, 0.717) is 11.8 Å². The van der Waals surface area contributed by atoms with Gasteiger partial charge in [0.1, 0.15) is 0 Å². The molecule has 0 aliphatic heterocycles. The highest BCUT2D eigenvalue weighted by Gasteiger charge is 2.57. The number of rotatable bonds is 4. The van der Waals surface area contributed by atoms with E-state index in [2.05, 4.69) is 60.7 Å². The number of hydrogen-bond donors (Lipinski definition) is 1. The highest BCUT2D eigenvalue weighted by molar-refractivity contribution is 5.68. The van der Waals surface area contributed by atoms with E-state index in [9.17, 15) is 9.90 Å². The fraction of sp³-hybridized carbons (Fsp3) is 0.286. The fourth-order valence-electron chi connectivity index (χ4n) is 4.93. The maximum Gasteiger partial charge on any atom is 0.303 e. The molecule has 0 saturated heterocycles. The van der Waals surface area contributed by atoms with Crippen LogP contribution in [0.4, 0.5) is 0 Å². The molecule has 2 bridgehead atoms. The lowest BCUT2D eigenvalue weighted by atomic mass is 9.59. The van der Waals surface area contributed by atoms with E-state index in [4.69, 9.17) is 0 Å². The SMILES string of the molecule is O=C(O)CC1C2C=CC(C2)C1(c1ccccc1)c1ccccc1. The molecule has 3 atom stereocenters. The molecule has 116 valence electrons. The van der Waals surface area contributed by atoms with Gasteiger partial charge in [-0.1, -0.05) is 72.8 Å². The molecule has 2 aromatic carbocycles. The van der Waals surface area contributed by atoms with Gasteiger partial charge in [-0.2, -0.15) is 0 Å². The predicted octanol–water partition coefficient (Wildman–Crippen LogP) is 4.27. The van der Waals surface area contributed by atoms with Crippen LogP contribution in [0, 0.1) is 17.8 Å². The van der Waals surface area contributed by atoms with E-state index < -0.39 is 5.97 Å². The maximum atomic E-state index is 11.6. The second-order valence-electron chi connectivity index (χ2n) is 6.70. The standard InChI is InChI=1S/C21H20O2/c22-20(23)14-19-15-11-12-18(13-15)21(19,16-7-3-1-4-8-16)17-9-5-2-6-10-17/h1-12,15,18-19H,13-14H2,(H,22,23). The maximum absolute atomic E-state index is 11.6. The predicted molar refractivity (Wildman–Crippen MR) is 90.1 cm³/mol. The van der Waals surface area contributed by atoms with Crippen molar-refractivity contribution in [1.29, 1.82) is 0 Å². The fourth-order valence-corrected chi connectivity index (χ4v) is 4.93. The first kappa shape index (κ1) is 14.3. The molecule has 0 radical (unpaired) electrons. The van der Waals surface area contributed by atoms with Gasteiger partial charge in [0.2, 0.25) is 0 Å². The van der Waals surface area contributed by atoms with Crippen molar-refractivity contribution < 1.29 is 9.90 Å². The van der Waals surface area contributed by atoms with E-state index in [0.717, 1.165) is 6.42 Å². The van der Waals surface area contributed by atoms with Crippen molar-refractivity contribution in [2.24, 2.45) is 17.8 Å². The summed E-state index contributed by atoms with van der Waals surface area (Å²) in [5.41, 5.74) is 2.27. The van der Waals surface area contributed by atoms with Crippen LogP contribution >= 0.6 is 0 Å². The number of allylic oxidation sites excluding steroid dienone is 2. The van der Waals surface area contributed by atoms with Gasteiger partial charge in [-0.25, -0.2) is 0 Å².